The lowest BCUT2D eigenvalue weighted by molar-refractivity contribution is 0.102. The van der Waals surface area contributed by atoms with Gasteiger partial charge < -0.3 is 4.74 Å². The van der Waals surface area contributed by atoms with Crippen molar-refractivity contribution in [2.75, 3.05) is 11.9 Å². The molecule has 1 N–H and O–H groups in total. The first-order valence-corrected chi connectivity index (χ1v) is 13.4. The summed E-state index contributed by atoms with van der Waals surface area (Å²) in [5.41, 5.74) is 2.97. The quantitative estimate of drug-likeness (QED) is 0.375. The number of sulfonamides is 1. The Morgan fingerprint density at radius 3 is 2.49 bits per heavy atom. The lowest BCUT2D eigenvalue weighted by Gasteiger charge is -2.20. The number of para-hydroxylation sites is 1. The first kappa shape index (κ1) is 23.2. The van der Waals surface area contributed by atoms with Crippen molar-refractivity contribution in [2.24, 2.45) is 0 Å². The lowest BCUT2D eigenvalue weighted by atomic mass is 10.1. The number of nitrogens with one attached hydrogen (secondary N) is 1. The molecule has 1 aliphatic heterocycles. The van der Waals surface area contributed by atoms with Crippen molar-refractivity contribution in [3.8, 4) is 17.0 Å². The number of aromatic nitrogens is 1. The second-order valence-corrected chi connectivity index (χ2v) is 11.0. The molecule has 0 atom stereocenters. The Hall–Kier alpha value is -3.53. The van der Waals surface area contributed by atoms with Gasteiger partial charge in [0.2, 0.25) is 10.0 Å². The molecule has 0 aliphatic carbocycles. The van der Waals surface area contributed by atoms with Crippen LogP contribution in [0.2, 0.25) is 0 Å². The number of thiazole rings is 1. The van der Waals surface area contributed by atoms with Gasteiger partial charge in [-0.25, -0.2) is 13.4 Å². The molecule has 178 valence electrons. The van der Waals surface area contributed by atoms with E-state index in [1.165, 1.54) is 39.9 Å². The molecule has 1 aliphatic rings. The molecule has 7 nitrogen and oxygen atoms in total. The van der Waals surface area contributed by atoms with E-state index in [2.05, 4.69) is 10.3 Å². The Balaban J connectivity index is 1.31. The Morgan fingerprint density at radius 1 is 1.03 bits per heavy atom. The van der Waals surface area contributed by atoms with Crippen LogP contribution in [0.1, 0.15) is 27.7 Å². The summed E-state index contributed by atoms with van der Waals surface area (Å²) in [4.78, 5) is 18.5. The van der Waals surface area contributed by atoms with E-state index >= 15 is 0 Å². The van der Waals surface area contributed by atoms with E-state index in [1.54, 1.807) is 6.92 Å². The van der Waals surface area contributed by atoms with Crippen LogP contribution in [0.5, 0.6) is 5.75 Å². The highest BCUT2D eigenvalue weighted by molar-refractivity contribution is 7.89. The van der Waals surface area contributed by atoms with Gasteiger partial charge in [0.05, 0.1) is 15.5 Å². The molecule has 0 saturated heterocycles. The zero-order valence-corrected chi connectivity index (χ0v) is 20.6. The topological polar surface area (TPSA) is 88.6 Å². The number of anilines is 1. The third-order valence-corrected chi connectivity index (χ3v) is 8.61. The van der Waals surface area contributed by atoms with Gasteiger partial charge >= 0.3 is 0 Å². The zero-order chi connectivity index (χ0) is 24.4. The molecule has 5 rings (SSSR count). The minimum absolute atomic E-state index is 0.144. The van der Waals surface area contributed by atoms with E-state index < -0.39 is 10.0 Å². The average molecular weight is 506 g/mol. The number of hydrogen-bond donors (Lipinski definition) is 1. The second kappa shape index (κ2) is 9.61. The van der Waals surface area contributed by atoms with Gasteiger partial charge in [-0.1, -0.05) is 60.7 Å². The van der Waals surface area contributed by atoms with Crippen LogP contribution >= 0.6 is 11.3 Å². The van der Waals surface area contributed by atoms with Crippen molar-refractivity contribution in [1.82, 2.24) is 9.29 Å². The number of rotatable bonds is 7. The van der Waals surface area contributed by atoms with Gasteiger partial charge in [-0.15, -0.1) is 0 Å². The third-order valence-electron chi connectivity index (χ3n) is 5.73. The van der Waals surface area contributed by atoms with Gasteiger partial charge in [0.25, 0.3) is 5.91 Å². The van der Waals surface area contributed by atoms with E-state index in [4.69, 9.17) is 4.74 Å². The predicted octanol–water partition coefficient (Wildman–Crippen LogP) is 5.17. The number of fused-ring (bicyclic) bond motifs is 3. The summed E-state index contributed by atoms with van der Waals surface area (Å²) < 4.78 is 33.5. The molecule has 0 saturated carbocycles. The molecule has 0 unspecified atom stereocenters. The van der Waals surface area contributed by atoms with E-state index in [0.717, 1.165) is 27.4 Å². The van der Waals surface area contributed by atoms with Crippen LogP contribution in [-0.2, 0) is 23.2 Å². The molecule has 0 fully saturated rings. The number of hydrogen-bond acceptors (Lipinski definition) is 6. The molecule has 1 amide bonds. The van der Waals surface area contributed by atoms with E-state index in [9.17, 15) is 13.2 Å². The number of nitrogens with zero attached hydrogens (tertiary/aromatic N) is 2. The second-order valence-electron chi connectivity index (χ2n) is 7.97. The first-order chi connectivity index (χ1) is 17.0. The lowest BCUT2D eigenvalue weighted by Crippen LogP contribution is -2.30. The van der Waals surface area contributed by atoms with Crippen LogP contribution in [0.25, 0.3) is 11.3 Å². The number of carbonyl (C=O) groups is 1. The van der Waals surface area contributed by atoms with E-state index in [1.807, 2.05) is 54.6 Å². The van der Waals surface area contributed by atoms with Gasteiger partial charge in [0, 0.05) is 24.2 Å². The molecule has 35 heavy (non-hydrogen) atoms. The number of amides is 1. The minimum Gasteiger partial charge on any atom is -0.487 e. The molecular formula is C26H23N3O4S2. The summed E-state index contributed by atoms with van der Waals surface area (Å²) >= 11 is 1.37. The van der Waals surface area contributed by atoms with Gasteiger partial charge in [0.1, 0.15) is 12.4 Å². The summed E-state index contributed by atoms with van der Waals surface area (Å²) in [5, 5.41) is 3.29. The van der Waals surface area contributed by atoms with Crippen LogP contribution in [0.4, 0.5) is 5.13 Å². The maximum atomic E-state index is 13.2. The Morgan fingerprint density at radius 2 is 1.74 bits per heavy atom. The maximum Gasteiger partial charge on any atom is 0.257 e. The van der Waals surface area contributed by atoms with Crippen LogP contribution in [0.15, 0.2) is 83.8 Å². The van der Waals surface area contributed by atoms with Crippen LogP contribution in [0.3, 0.4) is 0 Å². The standard InChI is InChI=1S/C26H23N3O4S2/c1-2-29(16-18-8-4-3-5-9-18)35(31,32)20-14-12-19(13-15-20)25(30)28-26-27-24-21-10-6-7-11-22(21)33-17-23(24)34-26/h3-15H,2,16-17H2,1H3,(H,27,28,30). The molecule has 0 spiro atoms. The molecule has 4 aromatic rings. The van der Waals surface area contributed by atoms with Gasteiger partial charge in [-0.05, 0) is 42.0 Å². The highest BCUT2D eigenvalue weighted by Gasteiger charge is 2.25. The molecule has 3 aromatic carbocycles. The van der Waals surface area contributed by atoms with Crippen molar-refractivity contribution in [2.45, 2.75) is 25.0 Å². The molecule has 0 radical (unpaired) electrons. The zero-order valence-electron chi connectivity index (χ0n) is 19.0. The van der Waals surface area contributed by atoms with Gasteiger partial charge in [0.15, 0.2) is 5.13 Å². The summed E-state index contributed by atoms with van der Waals surface area (Å²) in [7, 11) is -3.70. The Kier molecular flexibility index (Phi) is 6.38. The largest absolute Gasteiger partial charge is 0.487 e. The van der Waals surface area contributed by atoms with E-state index in [-0.39, 0.29) is 17.3 Å². The van der Waals surface area contributed by atoms with Gasteiger partial charge in [-0.3, -0.25) is 10.1 Å². The van der Waals surface area contributed by atoms with Crippen molar-refractivity contribution in [3.63, 3.8) is 0 Å². The monoisotopic (exact) mass is 505 g/mol. The average Bonchev–Trinajstić information content (AvgIpc) is 3.31. The summed E-state index contributed by atoms with van der Waals surface area (Å²) in [6.45, 7) is 2.83. The fourth-order valence-corrected chi connectivity index (χ4v) is 6.22. The Labute approximate surface area is 208 Å². The highest BCUT2D eigenvalue weighted by Crippen LogP contribution is 2.40. The number of ether oxygens (including phenoxy) is 1. The number of benzene rings is 3. The van der Waals surface area contributed by atoms with Crippen LogP contribution < -0.4 is 10.1 Å². The van der Waals surface area contributed by atoms with Crippen molar-refractivity contribution < 1.29 is 17.9 Å². The molecule has 2 heterocycles. The molecule has 1 aromatic heterocycles. The van der Waals surface area contributed by atoms with Crippen LogP contribution in [-0.4, -0.2) is 30.2 Å². The SMILES string of the molecule is CCN(Cc1ccccc1)S(=O)(=O)c1ccc(C(=O)Nc2nc3c(s2)COc2ccccc2-3)cc1. The highest BCUT2D eigenvalue weighted by atomic mass is 32.2. The summed E-state index contributed by atoms with van der Waals surface area (Å²) in [6.07, 6.45) is 0. The summed E-state index contributed by atoms with van der Waals surface area (Å²) in [6, 6.07) is 23.1. The fourth-order valence-electron chi connectivity index (χ4n) is 3.90. The molecule has 9 heteroatoms. The fraction of sp³-hybridized carbons (Fsp3) is 0.154. The van der Waals surface area contributed by atoms with Crippen molar-refractivity contribution in [1.29, 1.82) is 0 Å². The van der Waals surface area contributed by atoms with Crippen molar-refractivity contribution >= 4 is 32.4 Å². The summed E-state index contributed by atoms with van der Waals surface area (Å²) in [5.74, 6) is 0.416. The van der Waals surface area contributed by atoms with Crippen molar-refractivity contribution in [3.05, 3.63) is 94.9 Å². The third kappa shape index (κ3) is 4.70. The first-order valence-electron chi connectivity index (χ1n) is 11.1. The van der Waals surface area contributed by atoms with E-state index in [0.29, 0.717) is 23.8 Å². The molecule has 0 bridgehead atoms. The smallest absolute Gasteiger partial charge is 0.257 e. The normalized spacial score (nSPS) is 12.5. The van der Waals surface area contributed by atoms with Crippen LogP contribution in [0, 0.1) is 0 Å². The molecular weight excluding hydrogens is 482 g/mol. The van der Waals surface area contributed by atoms with Gasteiger partial charge in [-0.2, -0.15) is 4.31 Å². The predicted molar refractivity (Wildman–Crippen MR) is 136 cm³/mol. The number of carbonyl (C=O) groups excluding carboxylic acids is 1. The minimum atomic E-state index is -3.70. The maximum absolute atomic E-state index is 13.2. The Bertz CT molecular complexity index is 1470.